The number of aromatic nitrogens is 4. The first-order valence-electron chi connectivity index (χ1n) is 11.8. The fourth-order valence-corrected chi connectivity index (χ4v) is 4.74. The molecule has 4 heterocycles. The molecule has 0 bridgehead atoms. The van der Waals surface area contributed by atoms with Gasteiger partial charge in [-0.05, 0) is 93.2 Å². The molecule has 0 atom stereocenters. The number of H-pyrrole nitrogens is 2. The topological polar surface area (TPSA) is 60.6 Å². The monoisotopic (exact) mass is 437 g/mol. The Kier molecular flexibility index (Phi) is 6.22. The molecule has 4 aromatic rings. The molecule has 168 valence electrons. The molecule has 1 aliphatic rings. The highest BCUT2D eigenvalue weighted by Crippen LogP contribution is 2.31. The predicted molar refractivity (Wildman–Crippen MR) is 137 cm³/mol. The summed E-state index contributed by atoms with van der Waals surface area (Å²) in [6.45, 7) is 9.55. The van der Waals surface area contributed by atoms with Gasteiger partial charge in [0.2, 0.25) is 0 Å². The number of fused-ring (bicyclic) bond motifs is 1. The summed E-state index contributed by atoms with van der Waals surface area (Å²) in [5.74, 6) is 0. The van der Waals surface area contributed by atoms with Crippen molar-refractivity contribution in [3.8, 4) is 22.5 Å². The van der Waals surface area contributed by atoms with Crippen molar-refractivity contribution in [3.05, 3.63) is 78.3 Å². The number of aryl methyl sites for hydroxylation is 2. The molecular weight excluding hydrogens is 406 g/mol. The van der Waals surface area contributed by atoms with Crippen molar-refractivity contribution in [3.63, 3.8) is 0 Å². The number of nitrogens with zero attached hydrogens (tertiary/aromatic N) is 3. The van der Waals surface area contributed by atoms with Crippen LogP contribution in [0.2, 0.25) is 0 Å². The summed E-state index contributed by atoms with van der Waals surface area (Å²) >= 11 is 0. The Morgan fingerprint density at radius 1 is 1.09 bits per heavy atom. The van der Waals surface area contributed by atoms with E-state index in [9.17, 15) is 0 Å². The number of likely N-dealkylation sites (tertiary alicyclic amines) is 1. The quantitative estimate of drug-likeness (QED) is 0.325. The number of hydrogen-bond donors (Lipinski definition) is 2. The summed E-state index contributed by atoms with van der Waals surface area (Å²) in [5, 5.41) is 8.89. The zero-order valence-corrected chi connectivity index (χ0v) is 19.3. The molecule has 3 aromatic heterocycles. The molecule has 0 unspecified atom stereocenters. The molecule has 0 amide bonds. The van der Waals surface area contributed by atoms with Crippen LogP contribution in [-0.2, 0) is 6.42 Å². The molecule has 5 nitrogen and oxygen atoms in total. The van der Waals surface area contributed by atoms with E-state index in [1.807, 2.05) is 18.5 Å². The Hall–Kier alpha value is -3.44. The molecule has 0 aliphatic carbocycles. The van der Waals surface area contributed by atoms with Crippen molar-refractivity contribution in [2.75, 3.05) is 19.6 Å². The third-order valence-corrected chi connectivity index (χ3v) is 6.55. The fourth-order valence-electron chi connectivity index (χ4n) is 4.74. The third-order valence-electron chi connectivity index (χ3n) is 6.55. The largest absolute Gasteiger partial charge is 0.357 e. The van der Waals surface area contributed by atoms with Crippen molar-refractivity contribution in [2.24, 2.45) is 0 Å². The van der Waals surface area contributed by atoms with Gasteiger partial charge in [0.05, 0.1) is 11.2 Å². The average Bonchev–Trinajstić information content (AvgIpc) is 3.57. The molecule has 0 radical (unpaired) electrons. The molecule has 1 aromatic carbocycles. The van der Waals surface area contributed by atoms with E-state index in [0.717, 1.165) is 51.1 Å². The van der Waals surface area contributed by atoms with Gasteiger partial charge in [0.1, 0.15) is 5.69 Å². The van der Waals surface area contributed by atoms with E-state index in [2.05, 4.69) is 75.0 Å². The minimum Gasteiger partial charge on any atom is -0.357 e. The van der Waals surface area contributed by atoms with E-state index in [-0.39, 0.29) is 0 Å². The number of rotatable bonds is 8. The van der Waals surface area contributed by atoms with Crippen LogP contribution in [0.5, 0.6) is 0 Å². The highest BCUT2D eigenvalue weighted by molar-refractivity contribution is 5.95. The third kappa shape index (κ3) is 4.69. The first kappa shape index (κ1) is 21.4. The van der Waals surface area contributed by atoms with Gasteiger partial charge in [-0.1, -0.05) is 30.9 Å². The van der Waals surface area contributed by atoms with Crippen LogP contribution in [0.1, 0.15) is 36.1 Å². The predicted octanol–water partition coefficient (Wildman–Crippen LogP) is 6.16. The summed E-state index contributed by atoms with van der Waals surface area (Å²) in [6.07, 6.45) is 14.7. The normalized spacial score (nSPS) is 14.6. The van der Waals surface area contributed by atoms with Crippen LogP contribution in [0.4, 0.5) is 0 Å². The van der Waals surface area contributed by atoms with Crippen molar-refractivity contribution in [2.45, 2.75) is 32.6 Å². The van der Waals surface area contributed by atoms with Crippen LogP contribution in [0.15, 0.2) is 61.5 Å². The number of pyridine rings is 1. The van der Waals surface area contributed by atoms with Gasteiger partial charge in [0.15, 0.2) is 0 Å². The Morgan fingerprint density at radius 3 is 2.82 bits per heavy atom. The van der Waals surface area contributed by atoms with Crippen molar-refractivity contribution in [1.29, 1.82) is 0 Å². The number of hydrogen-bond acceptors (Lipinski definition) is 3. The van der Waals surface area contributed by atoms with Gasteiger partial charge in [0.25, 0.3) is 0 Å². The summed E-state index contributed by atoms with van der Waals surface area (Å²) in [5.41, 5.74) is 8.84. The van der Waals surface area contributed by atoms with E-state index in [1.165, 1.54) is 44.5 Å². The summed E-state index contributed by atoms with van der Waals surface area (Å²) in [7, 11) is 0. The lowest BCUT2D eigenvalue weighted by molar-refractivity contribution is 0.334. The van der Waals surface area contributed by atoms with Crippen LogP contribution in [0.3, 0.4) is 0 Å². The highest BCUT2D eigenvalue weighted by Gasteiger charge is 2.14. The molecule has 0 saturated carbocycles. The van der Waals surface area contributed by atoms with E-state index in [0.29, 0.717) is 0 Å². The SMILES string of the molecule is C=C/C=C\c1cc(-c2n[nH]c3ccc(-c4cncc(CCCN5CCCC5)c4)cc23)[nH]c1C. The van der Waals surface area contributed by atoms with Gasteiger partial charge in [-0.25, -0.2) is 0 Å². The van der Waals surface area contributed by atoms with Gasteiger partial charge in [-0.15, -0.1) is 0 Å². The Bertz CT molecular complexity index is 1290. The molecule has 1 fully saturated rings. The zero-order valence-electron chi connectivity index (χ0n) is 19.3. The maximum Gasteiger partial charge on any atom is 0.116 e. The molecule has 33 heavy (non-hydrogen) atoms. The number of aromatic amines is 2. The number of allylic oxidation sites excluding steroid dienone is 2. The van der Waals surface area contributed by atoms with Crippen LogP contribution in [-0.4, -0.2) is 44.7 Å². The van der Waals surface area contributed by atoms with Gasteiger partial charge in [-0.3, -0.25) is 10.1 Å². The van der Waals surface area contributed by atoms with Crippen molar-refractivity contribution >= 4 is 17.0 Å². The maximum atomic E-state index is 4.61. The average molecular weight is 438 g/mol. The van der Waals surface area contributed by atoms with E-state index >= 15 is 0 Å². The van der Waals surface area contributed by atoms with Crippen LogP contribution in [0.25, 0.3) is 39.5 Å². The van der Waals surface area contributed by atoms with Crippen LogP contribution >= 0.6 is 0 Å². The Morgan fingerprint density at radius 2 is 1.97 bits per heavy atom. The smallest absolute Gasteiger partial charge is 0.116 e. The second kappa shape index (κ2) is 9.59. The van der Waals surface area contributed by atoms with Crippen molar-refractivity contribution < 1.29 is 0 Å². The number of benzene rings is 1. The first-order chi connectivity index (χ1) is 16.2. The minimum absolute atomic E-state index is 0.933. The molecule has 1 saturated heterocycles. The van der Waals surface area contributed by atoms with Gasteiger partial charge in [-0.2, -0.15) is 5.10 Å². The molecular formula is C28H31N5. The lowest BCUT2D eigenvalue weighted by atomic mass is 10.0. The van der Waals surface area contributed by atoms with Crippen LogP contribution < -0.4 is 0 Å². The molecule has 2 N–H and O–H groups in total. The molecule has 0 spiro atoms. The van der Waals surface area contributed by atoms with Crippen LogP contribution in [0, 0.1) is 6.92 Å². The Balaban J connectivity index is 1.39. The van der Waals surface area contributed by atoms with E-state index < -0.39 is 0 Å². The standard InChI is InChI=1S/C28H31N5/c1-3-4-9-22-17-27(30-20(22)2)28-25-16-23(10-11-26(25)31-32-28)24-15-21(18-29-19-24)8-7-14-33-12-5-6-13-33/h3-4,9-11,15-19,30H,1,5-8,12-14H2,2H3,(H,31,32)/b9-4-. The highest BCUT2D eigenvalue weighted by atomic mass is 15.1. The fraction of sp³-hybridized carbons (Fsp3) is 0.286. The van der Waals surface area contributed by atoms with Gasteiger partial charge >= 0.3 is 0 Å². The molecule has 5 rings (SSSR count). The second-order valence-corrected chi connectivity index (χ2v) is 8.92. The van der Waals surface area contributed by atoms with E-state index in [1.54, 1.807) is 6.08 Å². The van der Waals surface area contributed by atoms with E-state index in [4.69, 9.17) is 0 Å². The first-order valence-corrected chi connectivity index (χ1v) is 11.8. The number of nitrogens with one attached hydrogen (secondary N) is 2. The van der Waals surface area contributed by atoms with Gasteiger partial charge in [0, 0.05) is 29.0 Å². The summed E-state index contributed by atoms with van der Waals surface area (Å²) < 4.78 is 0. The molecule has 5 heteroatoms. The van der Waals surface area contributed by atoms with Gasteiger partial charge < -0.3 is 9.88 Å². The van der Waals surface area contributed by atoms with Crippen molar-refractivity contribution in [1.82, 2.24) is 25.1 Å². The lowest BCUT2D eigenvalue weighted by Crippen LogP contribution is -2.20. The summed E-state index contributed by atoms with van der Waals surface area (Å²) in [4.78, 5) is 10.6. The molecule has 1 aliphatic heterocycles. The maximum absolute atomic E-state index is 4.61. The second-order valence-electron chi connectivity index (χ2n) is 8.92. The lowest BCUT2D eigenvalue weighted by Gasteiger charge is -2.14. The summed E-state index contributed by atoms with van der Waals surface area (Å²) in [6, 6.07) is 10.9. The zero-order chi connectivity index (χ0) is 22.6. The Labute approximate surface area is 195 Å². The minimum atomic E-state index is 0.933.